The van der Waals surface area contributed by atoms with E-state index in [9.17, 15) is 0 Å². The van der Waals surface area contributed by atoms with E-state index in [-0.39, 0.29) is 6.04 Å². The fourth-order valence-electron chi connectivity index (χ4n) is 1.60. The molecule has 0 saturated heterocycles. The summed E-state index contributed by atoms with van der Waals surface area (Å²) < 4.78 is 1.82. The van der Waals surface area contributed by atoms with E-state index in [0.29, 0.717) is 11.5 Å². The number of hydrogen-bond acceptors (Lipinski definition) is 2. The molecular weight excluding hydrogens is 222 g/mol. The van der Waals surface area contributed by atoms with Gasteiger partial charge in [-0.2, -0.15) is 5.10 Å². The van der Waals surface area contributed by atoms with Crippen molar-refractivity contribution in [3.8, 4) is 0 Å². The van der Waals surface area contributed by atoms with Crippen molar-refractivity contribution < 1.29 is 0 Å². The highest BCUT2D eigenvalue weighted by molar-refractivity contribution is 6.29. The van der Waals surface area contributed by atoms with Gasteiger partial charge in [0.1, 0.15) is 0 Å². The molecule has 1 heterocycles. The van der Waals surface area contributed by atoms with Crippen molar-refractivity contribution in [1.82, 2.24) is 9.78 Å². The maximum absolute atomic E-state index is 7.23. The first-order chi connectivity index (χ1) is 7.60. The minimum Gasteiger partial charge on any atom is -0.313 e. The Labute approximate surface area is 101 Å². The van der Waals surface area contributed by atoms with Crippen molar-refractivity contribution in [3.63, 3.8) is 0 Å². The lowest BCUT2D eigenvalue weighted by Crippen LogP contribution is -2.12. The first-order valence-electron chi connectivity index (χ1n) is 5.08. The van der Waals surface area contributed by atoms with Crippen LogP contribution in [0.15, 0.2) is 35.7 Å². The lowest BCUT2D eigenvalue weighted by Gasteiger charge is -2.17. The molecule has 0 aliphatic rings. The lowest BCUT2D eigenvalue weighted by molar-refractivity contribution is 0.538. The first kappa shape index (κ1) is 12.7. The zero-order valence-electron chi connectivity index (χ0n) is 9.57. The summed E-state index contributed by atoms with van der Waals surface area (Å²) in [6, 6.07) is -0.0406. The van der Waals surface area contributed by atoms with Gasteiger partial charge >= 0.3 is 0 Å². The molecule has 0 fully saturated rings. The highest BCUT2D eigenvalue weighted by Gasteiger charge is 2.15. The number of nitrogens with one attached hydrogen (secondary N) is 1. The highest BCUT2D eigenvalue weighted by atomic mass is 35.5. The molecule has 1 atom stereocenters. The average molecular weight is 238 g/mol. The summed E-state index contributed by atoms with van der Waals surface area (Å²) in [5.74, 6) is 0. The van der Waals surface area contributed by atoms with Crippen LogP contribution in [-0.4, -0.2) is 16.0 Å². The van der Waals surface area contributed by atoms with Crippen molar-refractivity contribution in [2.45, 2.75) is 26.3 Å². The van der Waals surface area contributed by atoms with E-state index >= 15 is 0 Å². The number of halogens is 1. The molecular formula is C12H16ClN3. The Morgan fingerprint density at radius 3 is 2.81 bits per heavy atom. The predicted molar refractivity (Wildman–Crippen MR) is 68.2 cm³/mol. The Morgan fingerprint density at radius 1 is 1.75 bits per heavy atom. The topological polar surface area (TPSA) is 41.7 Å². The van der Waals surface area contributed by atoms with Gasteiger partial charge in [-0.15, -0.1) is 0 Å². The molecule has 3 nitrogen and oxygen atoms in total. The molecule has 1 aromatic heterocycles. The summed E-state index contributed by atoms with van der Waals surface area (Å²) >= 11 is 6.02. The second-order valence-electron chi connectivity index (χ2n) is 3.65. The molecule has 0 saturated carbocycles. The van der Waals surface area contributed by atoms with Crippen LogP contribution in [0.3, 0.4) is 0 Å². The Hall–Kier alpha value is -1.35. The van der Waals surface area contributed by atoms with Crippen molar-refractivity contribution in [3.05, 3.63) is 41.2 Å². The number of hydrogen-bond donors (Lipinski definition) is 1. The second-order valence-corrected chi connectivity index (χ2v) is 4.21. The van der Waals surface area contributed by atoms with Crippen molar-refractivity contribution in [1.29, 1.82) is 5.41 Å². The monoisotopic (exact) mass is 237 g/mol. The van der Waals surface area contributed by atoms with Gasteiger partial charge < -0.3 is 5.41 Å². The Balaban J connectivity index is 3.13. The molecule has 1 rings (SSSR count). The molecule has 0 spiro atoms. The number of nitrogens with zero attached hydrogens (tertiary/aromatic N) is 2. The highest BCUT2D eigenvalue weighted by Crippen LogP contribution is 2.26. The molecule has 0 aliphatic carbocycles. The number of allylic oxidation sites excluding steroid dienone is 3. The summed E-state index contributed by atoms with van der Waals surface area (Å²) in [5, 5.41) is 12.2. The lowest BCUT2D eigenvalue weighted by atomic mass is 10.0. The van der Waals surface area contributed by atoms with Crippen LogP contribution in [0.4, 0.5) is 0 Å². The SMILES string of the molecule is C=C/C(=C(\C)Cl)C(CC=N)n1cc(C)cn1. The van der Waals surface area contributed by atoms with Crippen LogP contribution >= 0.6 is 11.6 Å². The van der Waals surface area contributed by atoms with Gasteiger partial charge in [0.2, 0.25) is 0 Å². The molecule has 4 heteroatoms. The fraction of sp³-hybridized carbons (Fsp3) is 0.333. The largest absolute Gasteiger partial charge is 0.313 e. The molecule has 16 heavy (non-hydrogen) atoms. The van der Waals surface area contributed by atoms with Gasteiger partial charge in [0.25, 0.3) is 0 Å². The minimum atomic E-state index is -0.0406. The van der Waals surface area contributed by atoms with E-state index in [1.807, 2.05) is 24.7 Å². The Bertz CT molecular complexity index is 414. The molecule has 0 radical (unpaired) electrons. The van der Waals surface area contributed by atoms with Crippen LogP contribution in [-0.2, 0) is 0 Å². The van der Waals surface area contributed by atoms with Gasteiger partial charge in [0.05, 0.1) is 12.2 Å². The van der Waals surface area contributed by atoms with Crippen LogP contribution in [0.25, 0.3) is 0 Å². The van der Waals surface area contributed by atoms with Gasteiger partial charge in [0.15, 0.2) is 0 Å². The molecule has 0 bridgehead atoms. The molecule has 0 amide bonds. The van der Waals surface area contributed by atoms with E-state index in [0.717, 1.165) is 11.1 Å². The van der Waals surface area contributed by atoms with Gasteiger partial charge in [0, 0.05) is 17.6 Å². The maximum atomic E-state index is 7.23. The van der Waals surface area contributed by atoms with Crippen LogP contribution in [0, 0.1) is 12.3 Å². The maximum Gasteiger partial charge on any atom is 0.0828 e. The summed E-state index contributed by atoms with van der Waals surface area (Å²) in [5.41, 5.74) is 2.00. The third-order valence-corrected chi connectivity index (χ3v) is 2.59. The van der Waals surface area contributed by atoms with Gasteiger partial charge in [-0.3, -0.25) is 4.68 Å². The predicted octanol–water partition coefficient (Wildman–Crippen LogP) is 3.47. The van der Waals surface area contributed by atoms with E-state index in [2.05, 4.69) is 11.7 Å². The zero-order valence-corrected chi connectivity index (χ0v) is 10.3. The first-order valence-corrected chi connectivity index (χ1v) is 5.46. The molecule has 1 N–H and O–H groups in total. The third kappa shape index (κ3) is 2.83. The molecule has 1 aromatic rings. The molecule has 86 valence electrons. The molecule has 0 aromatic carbocycles. The molecule has 0 aliphatic heterocycles. The Kier molecular flexibility index (Phi) is 4.50. The van der Waals surface area contributed by atoms with E-state index in [4.69, 9.17) is 17.0 Å². The van der Waals surface area contributed by atoms with E-state index in [1.54, 1.807) is 12.3 Å². The Morgan fingerprint density at radius 2 is 2.44 bits per heavy atom. The normalized spacial score (nSPS) is 14.2. The molecule has 1 unspecified atom stereocenters. The van der Waals surface area contributed by atoms with Crippen molar-refractivity contribution in [2.75, 3.05) is 0 Å². The standard InChI is InChI=1S/C12H16ClN3/c1-4-11(10(3)13)12(5-6-14)16-8-9(2)7-15-16/h4,6-8,12,14H,1,5H2,2-3H3/b11-10-,14-6?. The summed E-state index contributed by atoms with van der Waals surface area (Å²) in [6.07, 6.45) is 7.39. The number of rotatable bonds is 5. The van der Waals surface area contributed by atoms with Crippen molar-refractivity contribution >= 4 is 17.8 Å². The smallest absolute Gasteiger partial charge is 0.0828 e. The third-order valence-electron chi connectivity index (χ3n) is 2.37. The van der Waals surface area contributed by atoms with Gasteiger partial charge in [-0.25, -0.2) is 0 Å². The number of aryl methyl sites for hydroxylation is 1. The van der Waals surface area contributed by atoms with Crippen LogP contribution in [0.2, 0.25) is 0 Å². The van der Waals surface area contributed by atoms with Crippen LogP contribution < -0.4 is 0 Å². The zero-order chi connectivity index (χ0) is 12.1. The summed E-state index contributed by atoms with van der Waals surface area (Å²) in [6.45, 7) is 7.57. The van der Waals surface area contributed by atoms with Crippen LogP contribution in [0.5, 0.6) is 0 Å². The van der Waals surface area contributed by atoms with E-state index < -0.39 is 0 Å². The van der Waals surface area contributed by atoms with Crippen molar-refractivity contribution in [2.24, 2.45) is 0 Å². The van der Waals surface area contributed by atoms with Gasteiger partial charge in [-0.05, 0) is 31.2 Å². The quantitative estimate of drug-likeness (QED) is 0.618. The van der Waals surface area contributed by atoms with Gasteiger partial charge in [-0.1, -0.05) is 24.3 Å². The second kappa shape index (κ2) is 5.66. The average Bonchev–Trinajstić information content (AvgIpc) is 2.64. The summed E-state index contributed by atoms with van der Waals surface area (Å²) in [7, 11) is 0. The van der Waals surface area contributed by atoms with Crippen LogP contribution in [0.1, 0.15) is 24.9 Å². The summed E-state index contributed by atoms with van der Waals surface area (Å²) in [4.78, 5) is 0. The minimum absolute atomic E-state index is 0.0406. The fourth-order valence-corrected chi connectivity index (χ4v) is 1.80. The number of aromatic nitrogens is 2. The van der Waals surface area contributed by atoms with E-state index in [1.165, 1.54) is 6.21 Å².